The molecule has 0 amide bonds. The van der Waals surface area contributed by atoms with Crippen molar-refractivity contribution in [2.24, 2.45) is 5.92 Å². The molecule has 6 nitrogen and oxygen atoms in total. The summed E-state index contributed by atoms with van der Waals surface area (Å²) in [5.41, 5.74) is 3.73. The van der Waals surface area contributed by atoms with Gasteiger partial charge >= 0.3 is 5.97 Å². The van der Waals surface area contributed by atoms with Crippen LogP contribution >= 0.6 is 0 Å². The van der Waals surface area contributed by atoms with Crippen molar-refractivity contribution in [3.63, 3.8) is 0 Å². The van der Waals surface area contributed by atoms with Crippen LogP contribution in [-0.4, -0.2) is 42.1 Å². The third kappa shape index (κ3) is 4.67. The molecule has 188 valence electrons. The molecule has 0 unspecified atom stereocenters. The summed E-state index contributed by atoms with van der Waals surface area (Å²) >= 11 is 0. The van der Waals surface area contributed by atoms with E-state index in [1.165, 1.54) is 0 Å². The van der Waals surface area contributed by atoms with Crippen molar-refractivity contribution in [2.45, 2.75) is 45.6 Å². The molecule has 1 aliphatic rings. The smallest absolute Gasteiger partial charge is 0.336 e. The third-order valence-electron chi connectivity index (χ3n) is 7.13. The van der Waals surface area contributed by atoms with E-state index in [-0.39, 0.29) is 18.3 Å². The molecule has 1 N–H and O–H groups in total. The zero-order chi connectivity index (χ0) is 25.2. The lowest BCUT2D eigenvalue weighted by molar-refractivity contribution is 0.00710. The number of ether oxygens (including phenoxy) is 2. The number of rotatable bonds is 8. The summed E-state index contributed by atoms with van der Waals surface area (Å²) in [6.45, 7) is 4.05. The number of halogens is 1. The number of carbonyl (C=O) groups is 1. The van der Waals surface area contributed by atoms with Gasteiger partial charge in [0.15, 0.2) is 5.76 Å². The zero-order valence-corrected chi connectivity index (χ0v) is 20.6. The first kappa shape index (κ1) is 24.3. The maximum Gasteiger partial charge on any atom is 0.336 e. The second-order valence-electron chi connectivity index (χ2n) is 9.53. The molecule has 2 aromatic heterocycles. The quantitative estimate of drug-likeness (QED) is 0.289. The van der Waals surface area contributed by atoms with Gasteiger partial charge in [-0.3, -0.25) is 0 Å². The van der Waals surface area contributed by atoms with E-state index in [0.29, 0.717) is 40.6 Å². The van der Waals surface area contributed by atoms with Crippen LogP contribution in [0.5, 0.6) is 5.75 Å². The summed E-state index contributed by atoms with van der Waals surface area (Å²) in [5, 5.41) is 11.6. The van der Waals surface area contributed by atoms with E-state index in [1.54, 1.807) is 6.07 Å². The molecule has 0 aliphatic heterocycles. The number of carboxylic acid groups (broad SMARTS) is 1. The van der Waals surface area contributed by atoms with Gasteiger partial charge in [-0.2, -0.15) is 0 Å². The highest BCUT2D eigenvalue weighted by atomic mass is 19.1. The highest BCUT2D eigenvalue weighted by Crippen LogP contribution is 2.37. The number of para-hydroxylation sites is 1. The Labute approximate surface area is 209 Å². The molecule has 36 heavy (non-hydrogen) atoms. The van der Waals surface area contributed by atoms with E-state index in [9.17, 15) is 14.3 Å². The van der Waals surface area contributed by atoms with Crippen molar-refractivity contribution in [3.8, 4) is 17.2 Å². The van der Waals surface area contributed by atoms with E-state index >= 15 is 0 Å². The number of hydrogen-bond acceptors (Lipinski definition) is 5. The zero-order valence-electron chi connectivity index (χ0n) is 20.6. The molecule has 7 heteroatoms. The first-order valence-corrected chi connectivity index (χ1v) is 12.4. The molecule has 5 rings (SSSR count). The number of aryl methyl sites for hydroxylation is 2. The van der Waals surface area contributed by atoms with Crippen LogP contribution < -0.4 is 4.74 Å². The number of hydrogen-bond donors (Lipinski definition) is 1. The van der Waals surface area contributed by atoms with Crippen LogP contribution in [0.3, 0.4) is 0 Å². The largest absolute Gasteiger partial charge is 0.493 e. The Balaban J connectivity index is 1.46. The molecule has 4 aromatic rings. The Morgan fingerprint density at radius 1 is 1.14 bits per heavy atom. The highest BCUT2D eigenvalue weighted by Gasteiger charge is 2.24. The minimum atomic E-state index is -1.04. The molecule has 0 atom stereocenters. The minimum absolute atomic E-state index is 0.111. The highest BCUT2D eigenvalue weighted by molar-refractivity contribution is 6.07. The van der Waals surface area contributed by atoms with E-state index in [0.717, 1.165) is 47.8 Å². The van der Waals surface area contributed by atoms with Gasteiger partial charge in [0.25, 0.3) is 0 Å². The maximum atomic E-state index is 12.4. The van der Waals surface area contributed by atoms with Crippen LogP contribution in [0.1, 0.15) is 47.2 Å². The Bertz CT molecular complexity index is 1400. The van der Waals surface area contributed by atoms with Gasteiger partial charge < -0.3 is 19.0 Å². The molecule has 2 heterocycles. The predicted octanol–water partition coefficient (Wildman–Crippen LogP) is 6.89. The summed E-state index contributed by atoms with van der Waals surface area (Å²) < 4.78 is 30.2. The topological polar surface area (TPSA) is 81.8 Å². The van der Waals surface area contributed by atoms with Gasteiger partial charge in [-0.25, -0.2) is 14.2 Å². The van der Waals surface area contributed by atoms with Crippen LogP contribution in [0.2, 0.25) is 0 Å². The van der Waals surface area contributed by atoms with Crippen LogP contribution in [-0.2, 0) is 4.74 Å². The SMILES string of the molecule is Cc1c(-c2cc(C(=O)O)c3c(OCC4CCC(OCCF)CC4)ccc(C)c3n2)oc2ccccc12. The van der Waals surface area contributed by atoms with Crippen molar-refractivity contribution < 1.29 is 28.2 Å². The molecular weight excluding hydrogens is 461 g/mol. The van der Waals surface area contributed by atoms with Gasteiger partial charge in [-0.05, 0) is 69.2 Å². The molecule has 0 bridgehead atoms. The van der Waals surface area contributed by atoms with E-state index in [1.807, 2.05) is 50.2 Å². The summed E-state index contributed by atoms with van der Waals surface area (Å²) in [7, 11) is 0. The Hall–Kier alpha value is -3.45. The summed E-state index contributed by atoms with van der Waals surface area (Å²) in [5.74, 6) is 0.380. The average molecular weight is 492 g/mol. The fraction of sp³-hybridized carbons (Fsp3) is 0.379. The molecule has 0 spiro atoms. The molecule has 2 aromatic carbocycles. The van der Waals surface area contributed by atoms with E-state index in [4.69, 9.17) is 18.9 Å². The molecule has 0 radical (unpaired) electrons. The molecular formula is C29H30FNO5. The number of pyridine rings is 1. The molecule has 0 saturated heterocycles. The van der Waals surface area contributed by atoms with Crippen molar-refractivity contribution >= 4 is 27.8 Å². The molecule has 1 saturated carbocycles. The second-order valence-corrected chi connectivity index (χ2v) is 9.53. The summed E-state index contributed by atoms with van der Waals surface area (Å²) in [6.07, 6.45) is 3.73. The predicted molar refractivity (Wildman–Crippen MR) is 137 cm³/mol. The van der Waals surface area contributed by atoms with Crippen molar-refractivity contribution in [1.82, 2.24) is 4.98 Å². The van der Waals surface area contributed by atoms with Crippen molar-refractivity contribution in [1.29, 1.82) is 0 Å². The van der Waals surface area contributed by atoms with Gasteiger partial charge in [0.1, 0.15) is 23.7 Å². The summed E-state index contributed by atoms with van der Waals surface area (Å²) in [6, 6.07) is 13.0. The van der Waals surface area contributed by atoms with Gasteiger partial charge in [-0.1, -0.05) is 24.3 Å². The Morgan fingerprint density at radius 3 is 2.64 bits per heavy atom. The fourth-order valence-corrected chi connectivity index (χ4v) is 5.15. The minimum Gasteiger partial charge on any atom is -0.493 e. The second kappa shape index (κ2) is 10.3. The fourth-order valence-electron chi connectivity index (χ4n) is 5.15. The van der Waals surface area contributed by atoms with Crippen molar-refractivity contribution in [2.75, 3.05) is 19.9 Å². The normalized spacial score (nSPS) is 18.1. The first-order chi connectivity index (χ1) is 17.5. The lowest BCUT2D eigenvalue weighted by Crippen LogP contribution is -2.25. The number of furan rings is 1. The van der Waals surface area contributed by atoms with E-state index < -0.39 is 12.6 Å². The number of carboxylic acids is 1. The van der Waals surface area contributed by atoms with Crippen molar-refractivity contribution in [3.05, 3.63) is 59.2 Å². The third-order valence-corrected chi connectivity index (χ3v) is 7.13. The van der Waals surface area contributed by atoms with Crippen LogP contribution in [0.15, 0.2) is 46.9 Å². The number of fused-ring (bicyclic) bond motifs is 2. The average Bonchev–Trinajstić information content (AvgIpc) is 3.23. The number of aromatic nitrogens is 1. The van der Waals surface area contributed by atoms with Gasteiger partial charge in [0.2, 0.25) is 0 Å². The van der Waals surface area contributed by atoms with Gasteiger partial charge in [0, 0.05) is 10.9 Å². The van der Waals surface area contributed by atoms with E-state index in [2.05, 4.69) is 0 Å². The van der Waals surface area contributed by atoms with Gasteiger partial charge in [-0.15, -0.1) is 0 Å². The number of alkyl halides is 1. The van der Waals surface area contributed by atoms with Gasteiger partial charge in [0.05, 0.1) is 35.8 Å². The molecule has 1 aliphatic carbocycles. The monoisotopic (exact) mass is 491 g/mol. The first-order valence-electron chi connectivity index (χ1n) is 12.4. The number of nitrogens with zero attached hydrogens (tertiary/aromatic N) is 1. The number of benzene rings is 2. The lowest BCUT2D eigenvalue weighted by atomic mass is 9.88. The van der Waals surface area contributed by atoms with Crippen LogP contribution in [0.4, 0.5) is 4.39 Å². The lowest BCUT2D eigenvalue weighted by Gasteiger charge is -2.28. The van der Waals surface area contributed by atoms with Crippen LogP contribution in [0.25, 0.3) is 33.3 Å². The Kier molecular flexibility index (Phi) is 6.92. The van der Waals surface area contributed by atoms with Crippen LogP contribution in [0, 0.1) is 19.8 Å². The number of aromatic carboxylic acids is 1. The summed E-state index contributed by atoms with van der Waals surface area (Å²) in [4.78, 5) is 17.2. The standard InChI is InChI=1S/C29H30FNO5/c1-17-7-12-25(35-16-19-8-10-20(11-9-19)34-14-13-30)26-22(29(32)33)15-23(31-27(17)26)28-18(2)21-5-3-4-6-24(21)36-28/h3-7,12,15,19-20H,8-11,13-14,16H2,1-2H3,(H,32,33). The Morgan fingerprint density at radius 2 is 1.92 bits per heavy atom. The maximum absolute atomic E-state index is 12.4. The molecule has 1 fully saturated rings.